The first-order valence-corrected chi connectivity index (χ1v) is 5.29. The zero-order chi connectivity index (χ0) is 9.68. The quantitative estimate of drug-likeness (QED) is 0.692. The predicted molar refractivity (Wildman–Crippen MR) is 53.3 cm³/mol. The molecule has 3 heteroatoms. The maximum Gasteiger partial charge on any atom is 0.220 e. The van der Waals surface area contributed by atoms with Gasteiger partial charge in [-0.1, -0.05) is 19.8 Å². The smallest absolute Gasteiger partial charge is 0.220 e. The second-order valence-corrected chi connectivity index (χ2v) is 3.87. The van der Waals surface area contributed by atoms with Crippen molar-refractivity contribution >= 4 is 5.91 Å². The highest BCUT2D eigenvalue weighted by atomic mass is 16.1. The molecule has 0 aromatic rings. The third-order valence-electron chi connectivity index (χ3n) is 2.64. The number of rotatable bonds is 3. The second-order valence-electron chi connectivity index (χ2n) is 3.87. The number of hydrogen-bond donors (Lipinski definition) is 2. The molecule has 0 spiro atoms. The van der Waals surface area contributed by atoms with E-state index in [0.29, 0.717) is 6.42 Å². The fourth-order valence-electron chi connectivity index (χ4n) is 1.84. The summed E-state index contributed by atoms with van der Waals surface area (Å²) in [5, 5.41) is 3.01. The van der Waals surface area contributed by atoms with Crippen LogP contribution in [0.1, 0.15) is 45.4 Å². The van der Waals surface area contributed by atoms with Crippen LogP contribution in [-0.2, 0) is 4.79 Å². The van der Waals surface area contributed by atoms with Crippen molar-refractivity contribution in [2.45, 2.75) is 57.5 Å². The normalized spacial score (nSPS) is 28.5. The molecule has 1 saturated carbocycles. The molecule has 1 fully saturated rings. The standard InChI is InChI=1S/C10H20N2O/c1-2-5-10(13)12-9-7-4-3-6-8(9)11/h8-9H,2-7,11H2,1H3,(H,12,13). The lowest BCUT2D eigenvalue weighted by Crippen LogP contribution is -2.49. The Morgan fingerprint density at radius 3 is 2.77 bits per heavy atom. The monoisotopic (exact) mass is 184 g/mol. The zero-order valence-electron chi connectivity index (χ0n) is 8.38. The van der Waals surface area contributed by atoms with Crippen LogP contribution in [0.2, 0.25) is 0 Å². The molecular weight excluding hydrogens is 164 g/mol. The van der Waals surface area contributed by atoms with Gasteiger partial charge in [-0.3, -0.25) is 4.79 Å². The Kier molecular flexibility index (Phi) is 4.22. The van der Waals surface area contributed by atoms with Gasteiger partial charge in [0, 0.05) is 18.5 Å². The highest BCUT2D eigenvalue weighted by Crippen LogP contribution is 2.16. The van der Waals surface area contributed by atoms with Crippen molar-refractivity contribution in [3.05, 3.63) is 0 Å². The molecule has 1 aliphatic carbocycles. The van der Waals surface area contributed by atoms with Gasteiger partial charge in [0.2, 0.25) is 5.91 Å². The molecular formula is C10H20N2O. The Bertz CT molecular complexity index is 170. The lowest BCUT2D eigenvalue weighted by molar-refractivity contribution is -0.122. The minimum absolute atomic E-state index is 0.157. The molecule has 3 nitrogen and oxygen atoms in total. The average Bonchev–Trinajstić information content (AvgIpc) is 2.09. The van der Waals surface area contributed by atoms with Crippen LogP contribution in [0.15, 0.2) is 0 Å². The summed E-state index contributed by atoms with van der Waals surface area (Å²) in [5.41, 5.74) is 5.91. The first kappa shape index (κ1) is 10.5. The van der Waals surface area contributed by atoms with E-state index in [1.807, 2.05) is 6.92 Å². The van der Waals surface area contributed by atoms with Crippen LogP contribution in [0.5, 0.6) is 0 Å². The Morgan fingerprint density at radius 2 is 2.15 bits per heavy atom. The summed E-state index contributed by atoms with van der Waals surface area (Å²) in [6.45, 7) is 2.01. The van der Waals surface area contributed by atoms with Crippen LogP contribution in [0.25, 0.3) is 0 Å². The summed E-state index contributed by atoms with van der Waals surface area (Å²) >= 11 is 0. The van der Waals surface area contributed by atoms with Crippen LogP contribution in [0.3, 0.4) is 0 Å². The van der Waals surface area contributed by atoms with Crippen molar-refractivity contribution in [3.63, 3.8) is 0 Å². The van der Waals surface area contributed by atoms with Crippen LogP contribution < -0.4 is 11.1 Å². The van der Waals surface area contributed by atoms with Gasteiger partial charge in [-0.15, -0.1) is 0 Å². The maximum absolute atomic E-state index is 11.3. The number of nitrogens with one attached hydrogen (secondary N) is 1. The first-order valence-electron chi connectivity index (χ1n) is 5.29. The van der Waals surface area contributed by atoms with E-state index in [1.165, 1.54) is 12.8 Å². The maximum atomic E-state index is 11.3. The van der Waals surface area contributed by atoms with Gasteiger partial charge >= 0.3 is 0 Å². The number of nitrogens with two attached hydrogens (primary N) is 1. The molecule has 0 aliphatic heterocycles. The van der Waals surface area contributed by atoms with Gasteiger partial charge in [0.1, 0.15) is 0 Å². The van der Waals surface area contributed by atoms with Crippen molar-refractivity contribution in [1.82, 2.24) is 5.32 Å². The van der Waals surface area contributed by atoms with Gasteiger partial charge in [0.05, 0.1) is 0 Å². The third kappa shape index (κ3) is 3.35. The van der Waals surface area contributed by atoms with Crippen molar-refractivity contribution in [2.75, 3.05) is 0 Å². The summed E-state index contributed by atoms with van der Waals surface area (Å²) in [7, 11) is 0. The van der Waals surface area contributed by atoms with E-state index in [1.54, 1.807) is 0 Å². The van der Waals surface area contributed by atoms with Crippen LogP contribution >= 0.6 is 0 Å². The van der Waals surface area contributed by atoms with Crippen molar-refractivity contribution in [2.24, 2.45) is 5.73 Å². The summed E-state index contributed by atoms with van der Waals surface area (Å²) in [4.78, 5) is 11.3. The highest BCUT2D eigenvalue weighted by Gasteiger charge is 2.22. The van der Waals surface area contributed by atoms with Gasteiger partial charge in [-0.2, -0.15) is 0 Å². The Labute approximate surface area is 80.1 Å². The molecule has 0 saturated heterocycles. The topological polar surface area (TPSA) is 55.1 Å². The Morgan fingerprint density at radius 1 is 1.46 bits per heavy atom. The molecule has 1 amide bonds. The molecule has 2 unspecified atom stereocenters. The van der Waals surface area contributed by atoms with Crippen LogP contribution in [0, 0.1) is 0 Å². The summed E-state index contributed by atoms with van der Waals surface area (Å²) in [5.74, 6) is 0.157. The Balaban J connectivity index is 2.29. The van der Waals surface area contributed by atoms with E-state index < -0.39 is 0 Å². The van der Waals surface area contributed by atoms with Gasteiger partial charge < -0.3 is 11.1 Å². The van der Waals surface area contributed by atoms with Crippen molar-refractivity contribution in [3.8, 4) is 0 Å². The molecule has 0 aromatic heterocycles. The third-order valence-corrected chi connectivity index (χ3v) is 2.64. The number of amides is 1. The molecule has 1 rings (SSSR count). The van der Waals surface area contributed by atoms with E-state index in [2.05, 4.69) is 5.32 Å². The fraction of sp³-hybridized carbons (Fsp3) is 0.900. The molecule has 3 N–H and O–H groups in total. The minimum atomic E-state index is 0.157. The van der Waals surface area contributed by atoms with Gasteiger partial charge in [-0.05, 0) is 19.3 Å². The predicted octanol–water partition coefficient (Wildman–Crippen LogP) is 1.17. The lowest BCUT2D eigenvalue weighted by atomic mass is 9.91. The van der Waals surface area contributed by atoms with E-state index >= 15 is 0 Å². The molecule has 76 valence electrons. The van der Waals surface area contributed by atoms with Crippen molar-refractivity contribution < 1.29 is 4.79 Å². The fourth-order valence-corrected chi connectivity index (χ4v) is 1.84. The molecule has 13 heavy (non-hydrogen) atoms. The van der Waals surface area contributed by atoms with Gasteiger partial charge in [0.15, 0.2) is 0 Å². The largest absolute Gasteiger partial charge is 0.352 e. The lowest BCUT2D eigenvalue weighted by Gasteiger charge is -2.29. The summed E-state index contributed by atoms with van der Waals surface area (Å²) in [6, 6.07) is 0.405. The minimum Gasteiger partial charge on any atom is -0.352 e. The van der Waals surface area contributed by atoms with E-state index in [-0.39, 0.29) is 18.0 Å². The van der Waals surface area contributed by atoms with Gasteiger partial charge in [0.25, 0.3) is 0 Å². The van der Waals surface area contributed by atoms with Crippen LogP contribution in [0.4, 0.5) is 0 Å². The SMILES string of the molecule is CCCC(=O)NC1CCCCC1N. The average molecular weight is 184 g/mol. The molecule has 0 heterocycles. The van der Waals surface area contributed by atoms with E-state index in [0.717, 1.165) is 19.3 Å². The second kappa shape index (κ2) is 5.22. The van der Waals surface area contributed by atoms with Crippen molar-refractivity contribution in [1.29, 1.82) is 0 Å². The Hall–Kier alpha value is -0.570. The van der Waals surface area contributed by atoms with Gasteiger partial charge in [-0.25, -0.2) is 0 Å². The summed E-state index contributed by atoms with van der Waals surface area (Å²) in [6.07, 6.45) is 6.05. The molecule has 1 aliphatic rings. The van der Waals surface area contributed by atoms with E-state index in [9.17, 15) is 4.79 Å². The molecule has 0 radical (unpaired) electrons. The molecule has 0 bridgehead atoms. The highest BCUT2D eigenvalue weighted by molar-refractivity contribution is 5.76. The molecule has 0 aromatic carbocycles. The molecule has 2 atom stereocenters. The number of carbonyl (C=O) groups is 1. The van der Waals surface area contributed by atoms with Crippen LogP contribution in [-0.4, -0.2) is 18.0 Å². The first-order chi connectivity index (χ1) is 6.24. The number of carbonyl (C=O) groups excluding carboxylic acids is 1. The van der Waals surface area contributed by atoms with E-state index in [4.69, 9.17) is 5.73 Å². The number of hydrogen-bond acceptors (Lipinski definition) is 2. The summed E-state index contributed by atoms with van der Waals surface area (Å²) < 4.78 is 0. The zero-order valence-corrected chi connectivity index (χ0v) is 8.38.